The summed E-state index contributed by atoms with van der Waals surface area (Å²) in [4.78, 5) is 4.88. The van der Waals surface area contributed by atoms with E-state index >= 15 is 0 Å². The van der Waals surface area contributed by atoms with Crippen molar-refractivity contribution < 1.29 is 30.4 Å². The van der Waals surface area contributed by atoms with E-state index in [4.69, 9.17) is 9.72 Å². The van der Waals surface area contributed by atoms with Gasteiger partial charge in [0.1, 0.15) is 5.82 Å². The van der Waals surface area contributed by atoms with Gasteiger partial charge in [0.2, 0.25) is 0 Å². The Labute approximate surface area is 421 Å². The number of fused-ring (bicyclic) bond motifs is 12. The zero-order chi connectivity index (χ0) is 46.2. The summed E-state index contributed by atoms with van der Waals surface area (Å²) in [5.74, 6) is 1.99. The van der Waals surface area contributed by atoms with Crippen molar-refractivity contribution in [2.45, 2.75) is 26.2 Å². The van der Waals surface area contributed by atoms with Gasteiger partial charge in [-0.25, -0.2) is 4.98 Å². The number of hydrogen-bond acceptors (Lipinski definition) is 2. The molecule has 70 heavy (non-hydrogen) atoms. The predicted molar refractivity (Wildman–Crippen MR) is 279 cm³/mol. The molecule has 12 aromatic rings. The molecule has 0 saturated carbocycles. The van der Waals surface area contributed by atoms with Crippen LogP contribution >= 0.6 is 0 Å². The summed E-state index contributed by atoms with van der Waals surface area (Å²) in [5, 5.41) is 2.21. The SMILES string of the molecule is CC(C)(C)c1ccnc(-n2c3[c-]c(Oc4[c-]c(-n5[c-][n+](-c6cccc7c6-c6ccccc6-c6ccccc6-c6ccccc6-7)c6c(-c7ccccc7)cccc65)ccc4)ccc3c3ccccc32)c1.[Pt]. The molecule has 3 heterocycles. The Kier molecular flexibility index (Phi) is 10.6. The van der Waals surface area contributed by atoms with Gasteiger partial charge in [0, 0.05) is 49.8 Å². The molecule has 0 saturated heterocycles. The maximum absolute atomic E-state index is 6.73. The summed E-state index contributed by atoms with van der Waals surface area (Å²) < 4.78 is 13.3. The maximum atomic E-state index is 6.73. The molecular weight excluding hydrogens is 1040 g/mol. The van der Waals surface area contributed by atoms with Gasteiger partial charge >= 0.3 is 0 Å². The number of ether oxygens (including phenoxy) is 1. The number of pyridine rings is 1. The maximum Gasteiger partial charge on any atom is 0.268 e. The average Bonchev–Trinajstić information content (AvgIpc) is 3.94. The number of aromatic nitrogens is 4. The molecule has 0 fully saturated rings. The van der Waals surface area contributed by atoms with E-state index < -0.39 is 0 Å². The van der Waals surface area contributed by atoms with Crippen molar-refractivity contribution in [1.29, 1.82) is 0 Å². The van der Waals surface area contributed by atoms with Crippen LogP contribution in [0.2, 0.25) is 0 Å². The molecule has 0 spiro atoms. The zero-order valence-electron chi connectivity index (χ0n) is 38.7. The fourth-order valence-corrected chi connectivity index (χ4v) is 10.4. The summed E-state index contributed by atoms with van der Waals surface area (Å²) in [6.07, 6.45) is 5.79. The largest absolute Gasteiger partial charge is 0.510 e. The topological polar surface area (TPSA) is 35.9 Å². The average molecular weight is 1080 g/mol. The van der Waals surface area contributed by atoms with Crippen molar-refractivity contribution in [3.63, 3.8) is 0 Å². The van der Waals surface area contributed by atoms with Crippen molar-refractivity contribution in [3.05, 3.63) is 236 Å². The third kappa shape index (κ3) is 7.11. The number of nitrogens with zero attached hydrogens (tertiary/aromatic N) is 4. The normalized spacial score (nSPS) is 11.8. The molecule has 0 aliphatic heterocycles. The van der Waals surface area contributed by atoms with E-state index in [1.165, 1.54) is 33.4 Å². The van der Waals surface area contributed by atoms with Crippen LogP contribution in [0.3, 0.4) is 0 Å². The van der Waals surface area contributed by atoms with E-state index in [1.54, 1.807) is 0 Å². The molecule has 0 N–H and O–H groups in total. The van der Waals surface area contributed by atoms with Crippen molar-refractivity contribution in [2.75, 3.05) is 0 Å². The smallest absolute Gasteiger partial charge is 0.268 e. The van der Waals surface area contributed by atoms with Gasteiger partial charge in [-0.05, 0) is 96.4 Å². The number of para-hydroxylation sites is 2. The van der Waals surface area contributed by atoms with Crippen molar-refractivity contribution >= 4 is 32.8 Å². The molecule has 3 aromatic heterocycles. The van der Waals surface area contributed by atoms with Crippen LogP contribution in [0.25, 0.3) is 106 Å². The van der Waals surface area contributed by atoms with Gasteiger partial charge in [0.05, 0.1) is 16.7 Å². The van der Waals surface area contributed by atoms with E-state index in [2.05, 4.69) is 241 Å². The van der Waals surface area contributed by atoms with Crippen molar-refractivity contribution in [2.24, 2.45) is 0 Å². The van der Waals surface area contributed by atoms with Gasteiger partial charge in [-0.3, -0.25) is 4.57 Å². The van der Waals surface area contributed by atoms with Crippen LogP contribution in [0.1, 0.15) is 26.3 Å². The first kappa shape index (κ1) is 43.2. The van der Waals surface area contributed by atoms with Crippen LogP contribution < -0.4 is 9.30 Å². The predicted octanol–water partition coefficient (Wildman–Crippen LogP) is 15.5. The standard InChI is InChI=1S/C64H44N4O.Pt/c1-64(2,3)43-36-37-65-61(38-43)68-57-31-14-13-27-53(57)54-35-34-46(40-60(54)68)69-45-21-15-20-44(39-45)66-41-67(63-47(29-16-33-59(63)66)42-18-5-4-6-19-42)58-32-17-30-56-52-25-10-9-24-50(52)48-22-7-8-23-49(48)51-26-11-12-28-55(51)62(56)58;/h4-38H,1-3H3;/q-2;. The quantitative estimate of drug-likeness (QED) is 0.123. The molecular formula is C64H44N4OPt-2. The number of benzene rings is 9. The van der Waals surface area contributed by atoms with Crippen molar-refractivity contribution in [3.8, 4) is 84.3 Å². The van der Waals surface area contributed by atoms with Crippen LogP contribution in [-0.2, 0) is 26.5 Å². The Morgan fingerprint density at radius 2 is 1.09 bits per heavy atom. The first-order chi connectivity index (χ1) is 33.9. The summed E-state index contributed by atoms with van der Waals surface area (Å²) in [5.41, 5.74) is 18.6. The van der Waals surface area contributed by atoms with Gasteiger partial charge in [-0.15, -0.1) is 29.7 Å². The third-order valence-corrected chi connectivity index (χ3v) is 13.6. The number of rotatable bonds is 6. The molecule has 6 heteroatoms. The van der Waals surface area contributed by atoms with Gasteiger partial charge < -0.3 is 13.9 Å². The van der Waals surface area contributed by atoms with E-state index in [9.17, 15) is 0 Å². The van der Waals surface area contributed by atoms with Gasteiger partial charge in [0.15, 0.2) is 0 Å². The number of hydrogen-bond donors (Lipinski definition) is 0. The second kappa shape index (κ2) is 17.1. The molecule has 13 rings (SSSR count). The first-order valence-corrected chi connectivity index (χ1v) is 23.5. The van der Waals surface area contributed by atoms with Crippen LogP contribution in [0.15, 0.2) is 212 Å². The minimum Gasteiger partial charge on any atom is -0.510 e. The molecule has 9 aromatic carbocycles. The molecule has 0 amide bonds. The van der Waals surface area contributed by atoms with E-state index in [0.717, 1.165) is 77.8 Å². The van der Waals surface area contributed by atoms with E-state index in [1.807, 2.05) is 24.4 Å². The van der Waals surface area contributed by atoms with Gasteiger partial charge in [0.25, 0.3) is 6.33 Å². The second-order valence-electron chi connectivity index (χ2n) is 18.7. The molecule has 0 unspecified atom stereocenters. The summed E-state index contributed by atoms with van der Waals surface area (Å²) in [6.45, 7) is 6.68. The fraction of sp³-hybridized carbons (Fsp3) is 0.0625. The third-order valence-electron chi connectivity index (χ3n) is 13.6. The fourth-order valence-electron chi connectivity index (χ4n) is 10.4. The first-order valence-electron chi connectivity index (χ1n) is 23.5. The zero-order valence-corrected chi connectivity index (χ0v) is 41.0. The van der Waals surface area contributed by atoms with Gasteiger partial charge in [-0.2, -0.15) is 18.2 Å². The minimum atomic E-state index is -0.0377. The van der Waals surface area contributed by atoms with Gasteiger partial charge in [-0.1, -0.05) is 178 Å². The molecule has 5 nitrogen and oxygen atoms in total. The summed E-state index contributed by atoms with van der Waals surface area (Å²) >= 11 is 0. The molecule has 1 aliphatic rings. The van der Waals surface area contributed by atoms with Crippen molar-refractivity contribution in [1.82, 2.24) is 14.1 Å². The van der Waals surface area contributed by atoms with Crippen LogP contribution in [0, 0.1) is 18.5 Å². The van der Waals surface area contributed by atoms with Crippen LogP contribution in [0.4, 0.5) is 0 Å². The van der Waals surface area contributed by atoms with Crippen LogP contribution in [-0.4, -0.2) is 14.1 Å². The summed E-state index contributed by atoms with van der Waals surface area (Å²) in [7, 11) is 0. The monoisotopic (exact) mass is 1080 g/mol. The summed E-state index contributed by atoms with van der Waals surface area (Å²) in [6, 6.07) is 80.4. The van der Waals surface area contributed by atoms with E-state index in [-0.39, 0.29) is 26.5 Å². The van der Waals surface area contributed by atoms with Crippen LogP contribution in [0.5, 0.6) is 11.5 Å². The minimum absolute atomic E-state index is 0. The Morgan fingerprint density at radius 1 is 0.500 bits per heavy atom. The molecule has 0 atom stereocenters. The Morgan fingerprint density at radius 3 is 1.83 bits per heavy atom. The molecule has 338 valence electrons. The molecule has 0 radical (unpaired) electrons. The Hall–Kier alpha value is -8.11. The van der Waals surface area contributed by atoms with E-state index in [0.29, 0.717) is 11.5 Å². The molecule has 1 aliphatic carbocycles. The second-order valence-corrected chi connectivity index (χ2v) is 18.7. The molecule has 0 bridgehead atoms. The Balaban J connectivity index is 0.00000505. The number of imidazole rings is 1. The Bertz CT molecular complexity index is 3980.